The first-order chi connectivity index (χ1) is 12.3. The van der Waals surface area contributed by atoms with Gasteiger partial charge in [0.1, 0.15) is 17.7 Å². The molecule has 4 rings (SSSR count). The van der Waals surface area contributed by atoms with Crippen molar-refractivity contribution in [3.05, 3.63) is 48.8 Å². The van der Waals surface area contributed by atoms with E-state index in [1.54, 1.807) is 7.11 Å². The van der Waals surface area contributed by atoms with Gasteiger partial charge in [-0.3, -0.25) is 0 Å². The van der Waals surface area contributed by atoms with Crippen molar-refractivity contribution in [2.24, 2.45) is 0 Å². The molecule has 2 atom stereocenters. The number of benzene rings is 2. The normalized spacial score (nSPS) is 20.2. The lowest BCUT2D eigenvalue weighted by Gasteiger charge is -2.21. The Morgan fingerprint density at radius 1 is 1.20 bits per heavy atom. The van der Waals surface area contributed by atoms with Gasteiger partial charge >= 0.3 is 0 Å². The summed E-state index contributed by atoms with van der Waals surface area (Å²) in [4.78, 5) is 4.66. The summed E-state index contributed by atoms with van der Waals surface area (Å²) in [6, 6.07) is 12.5. The zero-order valence-corrected chi connectivity index (χ0v) is 14.5. The molecule has 0 N–H and O–H groups in total. The second-order valence-corrected chi connectivity index (χ2v) is 6.13. The maximum absolute atomic E-state index is 5.92. The summed E-state index contributed by atoms with van der Waals surface area (Å²) >= 11 is 0. The lowest BCUT2D eigenvalue weighted by atomic mass is 10.0. The molecule has 5 heteroatoms. The molecule has 1 saturated heterocycles. The van der Waals surface area contributed by atoms with Crippen LogP contribution in [-0.2, 0) is 9.47 Å². The number of aromatic nitrogens is 2. The van der Waals surface area contributed by atoms with Crippen LogP contribution in [-0.4, -0.2) is 42.6 Å². The van der Waals surface area contributed by atoms with Crippen molar-refractivity contribution in [3.63, 3.8) is 0 Å². The minimum absolute atomic E-state index is 0.0264. The molecule has 0 amide bonds. The van der Waals surface area contributed by atoms with Gasteiger partial charge in [-0.2, -0.15) is 0 Å². The van der Waals surface area contributed by atoms with E-state index in [1.165, 1.54) is 5.39 Å². The zero-order chi connectivity index (χ0) is 17.2. The first-order valence-corrected chi connectivity index (χ1v) is 8.61. The van der Waals surface area contributed by atoms with Crippen molar-refractivity contribution >= 4 is 10.8 Å². The molecular weight excluding hydrogens is 316 g/mol. The lowest BCUT2D eigenvalue weighted by Crippen LogP contribution is -2.24. The molecular formula is C20H22N2O3. The van der Waals surface area contributed by atoms with E-state index >= 15 is 0 Å². The van der Waals surface area contributed by atoms with Gasteiger partial charge in [-0.1, -0.05) is 30.3 Å². The summed E-state index contributed by atoms with van der Waals surface area (Å²) in [5.41, 5.74) is 1.02. The first kappa shape index (κ1) is 16.1. The van der Waals surface area contributed by atoms with Crippen LogP contribution in [0.4, 0.5) is 0 Å². The molecule has 0 bridgehead atoms. The minimum atomic E-state index is 0.0264. The molecule has 3 aromatic rings. The van der Waals surface area contributed by atoms with Crippen LogP contribution in [0.2, 0.25) is 0 Å². The monoisotopic (exact) mass is 338 g/mol. The van der Waals surface area contributed by atoms with Gasteiger partial charge in [0.2, 0.25) is 0 Å². The highest BCUT2D eigenvalue weighted by atomic mass is 16.5. The third kappa shape index (κ3) is 2.79. The van der Waals surface area contributed by atoms with E-state index in [9.17, 15) is 0 Å². The Labute approximate surface area is 147 Å². The average molecular weight is 338 g/mol. The topological polar surface area (TPSA) is 45.5 Å². The SMILES string of the molecule is CCOc1ccc2ccccc2c1-c1nccn1[C@H]1COC[C@@H]1OC. The second kappa shape index (κ2) is 6.86. The number of nitrogens with zero attached hydrogens (tertiary/aromatic N) is 2. The van der Waals surface area contributed by atoms with Crippen molar-refractivity contribution in [1.82, 2.24) is 9.55 Å². The molecule has 5 nitrogen and oxygen atoms in total. The predicted molar refractivity (Wildman–Crippen MR) is 97.0 cm³/mol. The van der Waals surface area contributed by atoms with Gasteiger partial charge in [0.25, 0.3) is 0 Å². The third-order valence-electron chi connectivity index (χ3n) is 4.74. The molecule has 0 unspecified atom stereocenters. The average Bonchev–Trinajstić information content (AvgIpc) is 3.30. The van der Waals surface area contributed by atoms with E-state index in [0.717, 1.165) is 22.5 Å². The summed E-state index contributed by atoms with van der Waals surface area (Å²) in [5, 5.41) is 2.30. The Morgan fingerprint density at radius 3 is 2.92 bits per heavy atom. The number of ether oxygens (including phenoxy) is 3. The highest BCUT2D eigenvalue weighted by Crippen LogP contribution is 2.38. The summed E-state index contributed by atoms with van der Waals surface area (Å²) in [6.07, 6.45) is 3.86. The fourth-order valence-corrected chi connectivity index (χ4v) is 3.54. The number of methoxy groups -OCH3 is 1. The van der Waals surface area contributed by atoms with Gasteiger partial charge in [-0.15, -0.1) is 0 Å². The fraction of sp³-hybridized carbons (Fsp3) is 0.350. The Kier molecular flexibility index (Phi) is 4.42. The quantitative estimate of drug-likeness (QED) is 0.712. The van der Waals surface area contributed by atoms with Gasteiger partial charge in [-0.05, 0) is 23.8 Å². The van der Waals surface area contributed by atoms with Crippen molar-refractivity contribution < 1.29 is 14.2 Å². The van der Waals surface area contributed by atoms with Crippen molar-refractivity contribution in [3.8, 4) is 17.1 Å². The maximum Gasteiger partial charge on any atom is 0.144 e. The molecule has 130 valence electrons. The van der Waals surface area contributed by atoms with Crippen LogP contribution in [0.25, 0.3) is 22.2 Å². The molecule has 0 aliphatic carbocycles. The standard InChI is InChI=1S/C20H22N2O3/c1-3-25-17-9-8-14-6-4-5-7-15(14)19(17)20-21-10-11-22(20)16-12-24-13-18(16)23-2/h4-11,16,18H,3,12-13H2,1-2H3/t16-,18-/m0/s1. The highest BCUT2D eigenvalue weighted by molar-refractivity contribution is 5.98. The van der Waals surface area contributed by atoms with Gasteiger partial charge < -0.3 is 18.8 Å². The Morgan fingerprint density at radius 2 is 2.08 bits per heavy atom. The van der Waals surface area contributed by atoms with Crippen LogP contribution in [0.1, 0.15) is 13.0 Å². The molecule has 0 saturated carbocycles. The van der Waals surface area contributed by atoms with Crippen molar-refractivity contribution in [2.45, 2.75) is 19.1 Å². The Bertz CT molecular complexity index is 874. The van der Waals surface area contributed by atoms with Gasteiger partial charge in [0, 0.05) is 19.5 Å². The van der Waals surface area contributed by atoms with Crippen LogP contribution >= 0.6 is 0 Å². The van der Waals surface area contributed by atoms with Gasteiger partial charge in [-0.25, -0.2) is 4.98 Å². The number of imidazole rings is 1. The van der Waals surface area contributed by atoms with E-state index in [0.29, 0.717) is 19.8 Å². The Hall–Kier alpha value is -2.37. The minimum Gasteiger partial charge on any atom is -0.493 e. The van der Waals surface area contributed by atoms with E-state index < -0.39 is 0 Å². The van der Waals surface area contributed by atoms with E-state index in [4.69, 9.17) is 14.2 Å². The number of hydrogen-bond acceptors (Lipinski definition) is 4. The molecule has 1 fully saturated rings. The molecule has 1 aliphatic rings. The molecule has 2 aromatic carbocycles. The van der Waals surface area contributed by atoms with Crippen molar-refractivity contribution in [2.75, 3.05) is 26.9 Å². The molecule has 25 heavy (non-hydrogen) atoms. The fourth-order valence-electron chi connectivity index (χ4n) is 3.54. The molecule has 0 spiro atoms. The number of rotatable bonds is 5. The van der Waals surface area contributed by atoms with E-state index in [-0.39, 0.29) is 12.1 Å². The van der Waals surface area contributed by atoms with Crippen LogP contribution in [0.3, 0.4) is 0 Å². The largest absolute Gasteiger partial charge is 0.493 e. The zero-order valence-electron chi connectivity index (χ0n) is 14.5. The maximum atomic E-state index is 5.92. The molecule has 1 aromatic heterocycles. The highest BCUT2D eigenvalue weighted by Gasteiger charge is 2.32. The van der Waals surface area contributed by atoms with Crippen LogP contribution in [0.5, 0.6) is 5.75 Å². The van der Waals surface area contributed by atoms with Crippen LogP contribution < -0.4 is 4.74 Å². The summed E-state index contributed by atoms with van der Waals surface area (Å²) in [7, 11) is 1.73. The molecule has 2 heterocycles. The Balaban J connectivity index is 1.90. The summed E-state index contributed by atoms with van der Waals surface area (Å²) in [5.74, 6) is 1.74. The second-order valence-electron chi connectivity index (χ2n) is 6.13. The smallest absolute Gasteiger partial charge is 0.144 e. The third-order valence-corrected chi connectivity index (χ3v) is 4.74. The first-order valence-electron chi connectivity index (χ1n) is 8.61. The van der Waals surface area contributed by atoms with Crippen LogP contribution in [0.15, 0.2) is 48.8 Å². The van der Waals surface area contributed by atoms with Crippen molar-refractivity contribution in [1.29, 1.82) is 0 Å². The van der Waals surface area contributed by atoms with E-state index in [1.807, 2.05) is 37.5 Å². The predicted octanol–water partition coefficient (Wildman–Crippen LogP) is 3.69. The van der Waals surface area contributed by atoms with E-state index in [2.05, 4.69) is 27.8 Å². The van der Waals surface area contributed by atoms with Gasteiger partial charge in [0.05, 0.1) is 31.4 Å². The van der Waals surface area contributed by atoms with Crippen LogP contribution in [0, 0.1) is 0 Å². The lowest BCUT2D eigenvalue weighted by molar-refractivity contribution is 0.0688. The summed E-state index contributed by atoms with van der Waals surface area (Å²) in [6.45, 7) is 3.83. The molecule has 0 radical (unpaired) electrons. The molecule has 1 aliphatic heterocycles. The number of fused-ring (bicyclic) bond motifs is 1. The number of hydrogen-bond donors (Lipinski definition) is 0. The summed E-state index contributed by atoms with van der Waals surface area (Å²) < 4.78 is 19.3. The van der Waals surface area contributed by atoms with Gasteiger partial charge in [0.15, 0.2) is 0 Å².